The summed E-state index contributed by atoms with van der Waals surface area (Å²) in [6.45, 7) is 4.52. The fraction of sp³-hybridized carbons (Fsp3) is 0.455. The Morgan fingerprint density at radius 2 is 2.06 bits per heavy atom. The van der Waals surface area contributed by atoms with Crippen LogP contribution in [-0.4, -0.2) is 12.4 Å². The summed E-state index contributed by atoms with van der Waals surface area (Å²) in [6, 6.07) is 5.07. The topological polar surface area (TPSA) is 18.5 Å². The molecule has 1 atom stereocenters. The van der Waals surface area contributed by atoms with Gasteiger partial charge < -0.3 is 9.05 Å². The van der Waals surface area contributed by atoms with Gasteiger partial charge in [0.1, 0.15) is 5.75 Å². The molecule has 18 heavy (non-hydrogen) atoms. The van der Waals surface area contributed by atoms with Crippen molar-refractivity contribution >= 4 is 52.1 Å². The smallest absolute Gasteiger partial charge is 0.297 e. The largest absolute Gasteiger partial charge is 0.435 e. The average Bonchev–Trinajstić information content (AvgIpc) is 2.31. The van der Waals surface area contributed by atoms with E-state index in [-0.39, 0.29) is 0 Å². The minimum absolute atomic E-state index is 0.452. The third-order valence-corrected chi connectivity index (χ3v) is 7.80. The van der Waals surface area contributed by atoms with Crippen molar-refractivity contribution in [2.75, 3.05) is 12.4 Å². The maximum Gasteiger partial charge on any atom is 0.297 e. The lowest BCUT2D eigenvalue weighted by atomic mass is 10.3. The summed E-state index contributed by atoms with van der Waals surface area (Å²) in [6.07, 6.45) is 1.02. The van der Waals surface area contributed by atoms with Gasteiger partial charge in [-0.2, -0.15) is 0 Å². The van der Waals surface area contributed by atoms with Crippen molar-refractivity contribution in [3.8, 4) is 5.75 Å². The molecule has 0 aliphatic heterocycles. The lowest BCUT2D eigenvalue weighted by molar-refractivity contribution is 0.344. The summed E-state index contributed by atoms with van der Waals surface area (Å²) in [7, 11) is 0. The molecule has 0 bridgehead atoms. The van der Waals surface area contributed by atoms with E-state index < -0.39 is 5.69 Å². The second-order valence-electron chi connectivity index (χ2n) is 3.36. The van der Waals surface area contributed by atoms with Gasteiger partial charge >= 0.3 is 0 Å². The number of hydrogen-bond donors (Lipinski definition) is 0. The van der Waals surface area contributed by atoms with E-state index >= 15 is 0 Å². The summed E-state index contributed by atoms with van der Waals surface area (Å²) in [4.78, 5) is 0. The molecule has 1 rings (SSSR count). The van der Waals surface area contributed by atoms with Gasteiger partial charge in [-0.05, 0) is 43.4 Å². The van der Waals surface area contributed by atoms with Crippen LogP contribution in [0.3, 0.4) is 0 Å². The fourth-order valence-electron chi connectivity index (χ4n) is 1.12. The van der Waals surface area contributed by atoms with Crippen LogP contribution in [0.15, 0.2) is 18.2 Å². The predicted molar refractivity (Wildman–Crippen MR) is 85.8 cm³/mol. The zero-order chi connectivity index (χ0) is 13.6. The van der Waals surface area contributed by atoms with Gasteiger partial charge in [0.15, 0.2) is 0 Å². The Morgan fingerprint density at radius 1 is 1.33 bits per heavy atom. The van der Waals surface area contributed by atoms with Gasteiger partial charge in [0, 0.05) is 10.8 Å². The molecule has 102 valence electrons. The molecule has 0 saturated heterocycles. The molecular weight excluding hydrogens is 330 g/mol. The van der Waals surface area contributed by atoms with Gasteiger partial charge in [0.2, 0.25) is 0 Å². The van der Waals surface area contributed by atoms with E-state index in [9.17, 15) is 0 Å². The second-order valence-corrected chi connectivity index (χ2v) is 10.6. The van der Waals surface area contributed by atoms with E-state index in [0.717, 1.165) is 12.2 Å². The molecule has 0 aromatic heterocycles. The lowest BCUT2D eigenvalue weighted by Gasteiger charge is -2.21. The molecule has 1 aromatic carbocycles. The molecule has 0 radical (unpaired) electrons. The van der Waals surface area contributed by atoms with E-state index in [0.29, 0.717) is 22.4 Å². The molecule has 0 saturated carbocycles. The molecule has 0 aliphatic rings. The predicted octanol–water partition coefficient (Wildman–Crippen LogP) is 5.78. The fourth-order valence-corrected chi connectivity index (χ4v) is 6.31. The van der Waals surface area contributed by atoms with Crippen LogP contribution in [0.25, 0.3) is 0 Å². The highest BCUT2D eigenvalue weighted by Gasteiger charge is 2.22. The summed E-state index contributed by atoms with van der Waals surface area (Å²) >= 11 is 18.9. The van der Waals surface area contributed by atoms with Crippen LogP contribution in [0.1, 0.15) is 20.3 Å². The summed E-state index contributed by atoms with van der Waals surface area (Å²) in [5.41, 5.74) is -2.38. The van der Waals surface area contributed by atoms with E-state index in [2.05, 4.69) is 6.92 Å². The van der Waals surface area contributed by atoms with E-state index in [1.807, 2.05) is 6.92 Å². The Labute approximate surface area is 127 Å². The van der Waals surface area contributed by atoms with Gasteiger partial charge in [0.25, 0.3) is 5.69 Å². The highest BCUT2D eigenvalue weighted by Crippen LogP contribution is 2.61. The second kappa shape index (κ2) is 7.98. The Kier molecular flexibility index (Phi) is 7.37. The summed E-state index contributed by atoms with van der Waals surface area (Å²) in [5, 5.41) is 1.02. The van der Waals surface area contributed by atoms with Gasteiger partial charge in [-0.1, -0.05) is 41.5 Å². The van der Waals surface area contributed by atoms with Gasteiger partial charge in [-0.25, -0.2) is 0 Å². The van der Waals surface area contributed by atoms with Crippen molar-refractivity contribution in [3.05, 3.63) is 28.2 Å². The van der Waals surface area contributed by atoms with Crippen LogP contribution in [0.2, 0.25) is 10.0 Å². The normalized spacial score (nSPS) is 14.2. The minimum Gasteiger partial charge on any atom is -0.435 e. The number of halogens is 2. The first-order valence-corrected chi connectivity index (χ1v) is 10.5. The SMILES string of the molecule is CCCS[P@](=S)(OCC)Oc1ccc(Cl)cc1Cl. The van der Waals surface area contributed by atoms with Crippen LogP contribution >= 0.6 is 40.3 Å². The first-order valence-electron chi connectivity index (χ1n) is 5.54. The van der Waals surface area contributed by atoms with E-state index in [4.69, 9.17) is 44.1 Å². The maximum absolute atomic E-state index is 6.07. The summed E-state index contributed by atoms with van der Waals surface area (Å²) in [5.74, 6) is 1.43. The molecule has 0 unspecified atom stereocenters. The first kappa shape index (κ1) is 16.6. The van der Waals surface area contributed by atoms with Crippen molar-refractivity contribution in [3.63, 3.8) is 0 Å². The molecular formula is C11H15Cl2O2PS2. The first-order chi connectivity index (χ1) is 8.50. The zero-order valence-corrected chi connectivity index (χ0v) is 14.2. The van der Waals surface area contributed by atoms with E-state index in [1.165, 1.54) is 0 Å². The average molecular weight is 345 g/mol. The van der Waals surface area contributed by atoms with Crippen LogP contribution in [0.5, 0.6) is 5.75 Å². The van der Waals surface area contributed by atoms with Crippen molar-refractivity contribution in [2.24, 2.45) is 0 Å². The number of benzene rings is 1. The van der Waals surface area contributed by atoms with Crippen LogP contribution in [0, 0.1) is 0 Å². The van der Waals surface area contributed by atoms with Crippen molar-refractivity contribution in [1.82, 2.24) is 0 Å². The molecule has 0 amide bonds. The van der Waals surface area contributed by atoms with Crippen LogP contribution < -0.4 is 4.52 Å². The highest BCUT2D eigenvalue weighted by atomic mass is 35.5. The molecule has 1 aromatic rings. The molecule has 0 spiro atoms. The third kappa shape index (κ3) is 5.28. The highest BCUT2D eigenvalue weighted by molar-refractivity contribution is 8.68. The summed E-state index contributed by atoms with van der Waals surface area (Å²) < 4.78 is 11.4. The quantitative estimate of drug-likeness (QED) is 0.583. The molecule has 0 aliphatic carbocycles. The lowest BCUT2D eigenvalue weighted by Crippen LogP contribution is -1.96. The third-order valence-electron chi connectivity index (χ3n) is 1.84. The van der Waals surface area contributed by atoms with Crippen molar-refractivity contribution in [1.29, 1.82) is 0 Å². The van der Waals surface area contributed by atoms with Crippen LogP contribution in [0.4, 0.5) is 0 Å². The molecule has 0 N–H and O–H groups in total. The van der Waals surface area contributed by atoms with Gasteiger partial charge in [0.05, 0.1) is 11.6 Å². The standard InChI is InChI=1S/C11H15Cl2O2PS2/c1-3-7-18-16(17,14-4-2)15-11-6-5-9(12)8-10(11)13/h5-6,8H,3-4,7H2,1-2H3/t16-/m1/s1. The van der Waals surface area contributed by atoms with Crippen molar-refractivity contribution < 1.29 is 9.05 Å². The zero-order valence-electron chi connectivity index (χ0n) is 10.2. The maximum atomic E-state index is 6.07. The Morgan fingerprint density at radius 3 is 2.61 bits per heavy atom. The van der Waals surface area contributed by atoms with Crippen molar-refractivity contribution in [2.45, 2.75) is 20.3 Å². The Hall–Kier alpha value is 0.560. The van der Waals surface area contributed by atoms with E-state index in [1.54, 1.807) is 29.6 Å². The van der Waals surface area contributed by atoms with Crippen LogP contribution in [-0.2, 0) is 16.3 Å². The molecule has 0 fully saturated rings. The molecule has 2 nitrogen and oxygen atoms in total. The van der Waals surface area contributed by atoms with Gasteiger partial charge in [-0.15, -0.1) is 0 Å². The Balaban J connectivity index is 2.85. The number of rotatable bonds is 7. The molecule has 7 heteroatoms. The minimum atomic E-state index is -2.38. The number of hydrogen-bond acceptors (Lipinski definition) is 4. The molecule has 0 heterocycles. The monoisotopic (exact) mass is 344 g/mol. The van der Waals surface area contributed by atoms with Gasteiger partial charge in [-0.3, -0.25) is 0 Å². The Bertz CT molecular complexity index is 443.